The molecule has 0 radical (unpaired) electrons. The summed E-state index contributed by atoms with van der Waals surface area (Å²) in [4.78, 5) is 10.8. The van der Waals surface area contributed by atoms with Crippen LogP contribution in [0.4, 0.5) is 0 Å². The van der Waals surface area contributed by atoms with Gasteiger partial charge in [0.05, 0.1) is 4.90 Å². The maximum atomic E-state index is 11.6. The van der Waals surface area contributed by atoms with E-state index < -0.39 is 9.84 Å². The van der Waals surface area contributed by atoms with Crippen LogP contribution in [0.15, 0.2) is 27.6 Å². The smallest absolute Gasteiger partial charge is 0.175 e. The van der Waals surface area contributed by atoms with Crippen molar-refractivity contribution in [1.82, 2.24) is 0 Å². The maximum Gasteiger partial charge on any atom is 0.175 e. The van der Waals surface area contributed by atoms with Crippen LogP contribution in [-0.2, 0) is 14.6 Å². The van der Waals surface area contributed by atoms with Crippen molar-refractivity contribution < 1.29 is 13.2 Å². The number of hydrogen-bond acceptors (Lipinski definition) is 3. The average Bonchev–Trinajstić information content (AvgIpc) is 2.16. The molecule has 0 aliphatic heterocycles. The quantitative estimate of drug-likeness (QED) is 0.803. The van der Waals surface area contributed by atoms with Gasteiger partial charge in [0.1, 0.15) is 6.29 Å². The van der Waals surface area contributed by atoms with Crippen molar-refractivity contribution in [2.24, 2.45) is 0 Å². The van der Waals surface area contributed by atoms with E-state index >= 15 is 0 Å². The summed E-state index contributed by atoms with van der Waals surface area (Å²) in [5.41, 5.74) is 0.684. The summed E-state index contributed by atoms with van der Waals surface area (Å²) in [5, 5.41) is 0. The Morgan fingerprint density at radius 2 is 2.06 bits per heavy atom. The van der Waals surface area contributed by atoms with Crippen LogP contribution in [0, 0.1) is 0 Å². The molecule has 88 valence electrons. The van der Waals surface area contributed by atoms with Gasteiger partial charge in [-0.15, -0.1) is 0 Å². The second-order valence-corrected chi connectivity index (χ2v) is 6.66. The van der Waals surface area contributed by atoms with E-state index in [0.717, 1.165) is 10.8 Å². The van der Waals surface area contributed by atoms with E-state index in [1.54, 1.807) is 18.2 Å². The molecule has 0 aliphatic rings. The summed E-state index contributed by atoms with van der Waals surface area (Å²) >= 11 is 3.30. The van der Waals surface area contributed by atoms with Gasteiger partial charge in [0, 0.05) is 17.1 Å². The predicted molar refractivity (Wildman–Crippen MR) is 66.3 cm³/mol. The molecule has 0 aromatic heterocycles. The van der Waals surface area contributed by atoms with E-state index in [9.17, 15) is 13.2 Å². The van der Waals surface area contributed by atoms with Crippen LogP contribution in [0.25, 0.3) is 0 Å². The molecule has 1 unspecified atom stereocenters. The van der Waals surface area contributed by atoms with Gasteiger partial charge in [-0.25, -0.2) is 8.42 Å². The highest BCUT2D eigenvalue weighted by Gasteiger charge is 2.17. The SMILES string of the molecule is CC(CC=O)c1cc(Br)ccc1S(C)(=O)=O. The molecule has 0 saturated heterocycles. The van der Waals surface area contributed by atoms with Crippen LogP contribution < -0.4 is 0 Å². The number of aldehydes is 1. The number of benzene rings is 1. The lowest BCUT2D eigenvalue weighted by molar-refractivity contribution is -0.108. The summed E-state index contributed by atoms with van der Waals surface area (Å²) in [7, 11) is -3.25. The van der Waals surface area contributed by atoms with Gasteiger partial charge in [0.25, 0.3) is 0 Å². The Morgan fingerprint density at radius 1 is 1.44 bits per heavy atom. The lowest BCUT2D eigenvalue weighted by Gasteiger charge is -2.13. The molecule has 16 heavy (non-hydrogen) atoms. The second-order valence-electron chi connectivity index (χ2n) is 3.76. The third-order valence-electron chi connectivity index (χ3n) is 2.35. The van der Waals surface area contributed by atoms with E-state index in [4.69, 9.17) is 0 Å². The molecule has 0 N–H and O–H groups in total. The normalized spacial score (nSPS) is 13.4. The molecule has 1 atom stereocenters. The minimum absolute atomic E-state index is 0.0975. The Kier molecular flexibility index (Phi) is 4.27. The fourth-order valence-electron chi connectivity index (χ4n) is 1.51. The first kappa shape index (κ1) is 13.4. The predicted octanol–water partition coefficient (Wildman–Crippen LogP) is 2.55. The van der Waals surface area contributed by atoms with Crippen LogP contribution >= 0.6 is 15.9 Å². The van der Waals surface area contributed by atoms with Crippen molar-refractivity contribution in [2.75, 3.05) is 6.26 Å². The van der Waals surface area contributed by atoms with Gasteiger partial charge >= 0.3 is 0 Å². The maximum absolute atomic E-state index is 11.6. The van der Waals surface area contributed by atoms with Gasteiger partial charge in [-0.2, -0.15) is 0 Å². The number of sulfone groups is 1. The third-order valence-corrected chi connectivity index (χ3v) is 4.02. The number of carbonyl (C=O) groups is 1. The second kappa shape index (κ2) is 5.10. The van der Waals surface area contributed by atoms with Crippen LogP contribution in [0.5, 0.6) is 0 Å². The van der Waals surface area contributed by atoms with Gasteiger partial charge in [0.2, 0.25) is 0 Å². The lowest BCUT2D eigenvalue weighted by Crippen LogP contribution is -2.05. The largest absolute Gasteiger partial charge is 0.303 e. The Labute approximate surface area is 104 Å². The highest BCUT2D eigenvalue weighted by Crippen LogP contribution is 2.28. The molecular formula is C11H13BrO3S. The lowest BCUT2D eigenvalue weighted by atomic mass is 9.99. The van der Waals surface area contributed by atoms with Crippen LogP contribution in [0.1, 0.15) is 24.8 Å². The van der Waals surface area contributed by atoms with Gasteiger partial charge in [-0.1, -0.05) is 22.9 Å². The molecule has 1 aromatic carbocycles. The van der Waals surface area contributed by atoms with E-state index in [-0.39, 0.29) is 5.92 Å². The van der Waals surface area contributed by atoms with E-state index in [1.165, 1.54) is 6.26 Å². The van der Waals surface area contributed by atoms with E-state index in [1.807, 2.05) is 6.92 Å². The Balaban J connectivity index is 3.34. The molecule has 1 aromatic rings. The monoisotopic (exact) mass is 304 g/mol. The minimum Gasteiger partial charge on any atom is -0.303 e. The molecule has 0 heterocycles. The average molecular weight is 305 g/mol. The van der Waals surface area contributed by atoms with Gasteiger partial charge in [-0.05, 0) is 29.7 Å². The van der Waals surface area contributed by atoms with Crippen molar-refractivity contribution in [2.45, 2.75) is 24.2 Å². The van der Waals surface area contributed by atoms with Crippen molar-refractivity contribution in [3.8, 4) is 0 Å². The van der Waals surface area contributed by atoms with Crippen LogP contribution in [0.3, 0.4) is 0 Å². The fraction of sp³-hybridized carbons (Fsp3) is 0.364. The zero-order chi connectivity index (χ0) is 12.3. The van der Waals surface area contributed by atoms with Crippen molar-refractivity contribution >= 4 is 32.1 Å². The zero-order valence-electron chi connectivity index (χ0n) is 9.10. The highest BCUT2D eigenvalue weighted by atomic mass is 79.9. The van der Waals surface area contributed by atoms with Crippen molar-refractivity contribution in [3.63, 3.8) is 0 Å². The molecule has 0 spiro atoms. The Bertz CT molecular complexity index is 494. The van der Waals surface area contributed by atoms with Crippen LogP contribution in [-0.4, -0.2) is 21.0 Å². The van der Waals surface area contributed by atoms with Crippen molar-refractivity contribution in [1.29, 1.82) is 0 Å². The first-order chi connectivity index (χ1) is 7.36. The highest BCUT2D eigenvalue weighted by molar-refractivity contribution is 9.10. The summed E-state index contributed by atoms with van der Waals surface area (Å²) in [5.74, 6) is -0.0975. The fourth-order valence-corrected chi connectivity index (χ4v) is 2.90. The van der Waals surface area contributed by atoms with Gasteiger partial charge < -0.3 is 4.79 Å². The van der Waals surface area contributed by atoms with E-state index in [2.05, 4.69) is 15.9 Å². The minimum atomic E-state index is -3.25. The van der Waals surface area contributed by atoms with Gasteiger partial charge in [0.15, 0.2) is 9.84 Å². The molecule has 0 aliphatic carbocycles. The first-order valence-corrected chi connectivity index (χ1v) is 7.48. The standard InChI is InChI=1S/C11H13BrO3S/c1-8(5-6-13)10-7-9(12)3-4-11(10)16(2,14)15/h3-4,6-8H,5H2,1-2H3. The number of halogens is 1. The molecule has 3 nitrogen and oxygen atoms in total. The number of rotatable bonds is 4. The van der Waals surface area contributed by atoms with Crippen molar-refractivity contribution in [3.05, 3.63) is 28.2 Å². The number of carbonyl (C=O) groups excluding carboxylic acids is 1. The summed E-state index contributed by atoms with van der Waals surface area (Å²) in [6.07, 6.45) is 2.30. The third kappa shape index (κ3) is 3.15. The molecular weight excluding hydrogens is 292 g/mol. The topological polar surface area (TPSA) is 51.2 Å². The Morgan fingerprint density at radius 3 is 2.56 bits per heavy atom. The molecule has 0 saturated carbocycles. The number of hydrogen-bond donors (Lipinski definition) is 0. The summed E-state index contributed by atoms with van der Waals surface area (Å²) in [6, 6.07) is 5.01. The first-order valence-electron chi connectivity index (χ1n) is 4.79. The Hall–Kier alpha value is -0.680. The van der Waals surface area contributed by atoms with E-state index in [0.29, 0.717) is 16.9 Å². The molecule has 0 bridgehead atoms. The van der Waals surface area contributed by atoms with Crippen LogP contribution in [0.2, 0.25) is 0 Å². The molecule has 0 amide bonds. The summed E-state index contributed by atoms with van der Waals surface area (Å²) in [6.45, 7) is 1.84. The summed E-state index contributed by atoms with van der Waals surface area (Å²) < 4.78 is 24.0. The molecule has 0 fully saturated rings. The molecule has 5 heteroatoms. The zero-order valence-corrected chi connectivity index (χ0v) is 11.5. The molecule has 1 rings (SSSR count). The van der Waals surface area contributed by atoms with Gasteiger partial charge in [-0.3, -0.25) is 0 Å².